The molecule has 2 unspecified atom stereocenters. The third-order valence-corrected chi connectivity index (χ3v) is 5.46. The van der Waals surface area contributed by atoms with Crippen LogP contribution in [-0.2, 0) is 4.74 Å². The van der Waals surface area contributed by atoms with E-state index in [-0.39, 0.29) is 12.0 Å². The summed E-state index contributed by atoms with van der Waals surface area (Å²) < 4.78 is 12.3. The molecular formula is C20H26BN3O4. The van der Waals surface area contributed by atoms with Gasteiger partial charge in [-0.15, -0.1) is 0 Å². The molecule has 1 N–H and O–H groups in total. The lowest BCUT2D eigenvalue weighted by molar-refractivity contribution is 0.0164. The maximum Gasteiger partial charge on any atom is 0.410 e. The van der Waals surface area contributed by atoms with Crippen molar-refractivity contribution in [3.63, 3.8) is 0 Å². The highest BCUT2D eigenvalue weighted by atomic mass is 16.6. The van der Waals surface area contributed by atoms with Gasteiger partial charge in [0.25, 0.3) is 0 Å². The zero-order valence-corrected chi connectivity index (χ0v) is 16.8. The molecule has 2 atom stereocenters. The number of fused-ring (bicyclic) bond motifs is 3. The van der Waals surface area contributed by atoms with Crippen molar-refractivity contribution in [1.82, 2.24) is 14.6 Å². The van der Waals surface area contributed by atoms with Crippen LogP contribution >= 0.6 is 0 Å². The van der Waals surface area contributed by atoms with Gasteiger partial charge in [0.05, 0.1) is 12.4 Å². The average molecular weight is 383 g/mol. The van der Waals surface area contributed by atoms with Gasteiger partial charge in [0, 0.05) is 30.0 Å². The van der Waals surface area contributed by atoms with Crippen LogP contribution in [0.3, 0.4) is 0 Å². The van der Waals surface area contributed by atoms with E-state index in [2.05, 4.69) is 11.9 Å². The van der Waals surface area contributed by atoms with Gasteiger partial charge in [-0.25, -0.2) is 9.78 Å². The average Bonchev–Trinajstić information content (AvgIpc) is 2.97. The molecule has 0 radical (unpaired) electrons. The Bertz CT molecular complexity index is 947. The minimum Gasteiger partial charge on any atom is -0.558 e. The van der Waals surface area contributed by atoms with E-state index in [0.29, 0.717) is 32.1 Å². The Morgan fingerprint density at radius 1 is 1.43 bits per heavy atom. The Labute approximate surface area is 165 Å². The van der Waals surface area contributed by atoms with Crippen LogP contribution in [0.5, 0.6) is 5.75 Å². The fraction of sp³-hybridized carbons (Fsp3) is 0.500. The number of likely N-dealkylation sites (tertiary alicyclic amines) is 1. The van der Waals surface area contributed by atoms with Crippen LogP contribution in [0, 0.1) is 5.92 Å². The van der Waals surface area contributed by atoms with Crippen LogP contribution in [0.25, 0.3) is 17.1 Å². The van der Waals surface area contributed by atoms with E-state index in [0.717, 1.165) is 33.4 Å². The number of ether oxygens (including phenoxy) is 1. The molecule has 4 heterocycles. The summed E-state index contributed by atoms with van der Waals surface area (Å²) in [6.45, 7) is 9.02. The van der Waals surface area contributed by atoms with Crippen molar-refractivity contribution >= 4 is 30.7 Å². The molecule has 2 aliphatic rings. The monoisotopic (exact) mass is 383 g/mol. The lowest BCUT2D eigenvalue weighted by atomic mass is 9.81. The zero-order valence-electron chi connectivity index (χ0n) is 16.8. The van der Waals surface area contributed by atoms with Crippen LogP contribution in [0.15, 0.2) is 18.4 Å². The van der Waals surface area contributed by atoms with Crippen molar-refractivity contribution < 1.29 is 19.4 Å². The van der Waals surface area contributed by atoms with Crippen molar-refractivity contribution in [2.75, 3.05) is 13.1 Å². The largest absolute Gasteiger partial charge is 0.558 e. The van der Waals surface area contributed by atoms with Crippen molar-refractivity contribution in [1.29, 1.82) is 0 Å². The third kappa shape index (κ3) is 3.32. The SMILES string of the molecule is CC1CCN(C(=O)OC(C)(C)C)CC1c1cn(O)c2ncc3c(c12)C=CBO3. The van der Waals surface area contributed by atoms with Gasteiger partial charge in [-0.2, -0.15) is 4.73 Å². The molecule has 0 aromatic carbocycles. The van der Waals surface area contributed by atoms with E-state index in [4.69, 9.17) is 9.39 Å². The molecule has 28 heavy (non-hydrogen) atoms. The van der Waals surface area contributed by atoms with Crippen molar-refractivity contribution in [2.45, 2.75) is 45.6 Å². The molecule has 148 valence electrons. The van der Waals surface area contributed by atoms with Crippen LogP contribution < -0.4 is 4.65 Å². The topological polar surface area (TPSA) is 76.8 Å². The van der Waals surface area contributed by atoms with E-state index in [9.17, 15) is 10.0 Å². The number of aromatic nitrogens is 2. The van der Waals surface area contributed by atoms with Gasteiger partial charge < -0.3 is 19.5 Å². The van der Waals surface area contributed by atoms with E-state index in [1.165, 1.54) is 0 Å². The maximum atomic E-state index is 12.6. The predicted molar refractivity (Wildman–Crippen MR) is 108 cm³/mol. The number of hydrogen-bond donors (Lipinski definition) is 1. The Kier molecular flexibility index (Phi) is 4.52. The Balaban J connectivity index is 1.72. The molecule has 2 aromatic rings. The fourth-order valence-electron chi connectivity index (χ4n) is 4.05. The van der Waals surface area contributed by atoms with Crippen LogP contribution in [0.2, 0.25) is 0 Å². The number of amides is 1. The lowest BCUT2D eigenvalue weighted by Crippen LogP contribution is -2.44. The summed E-state index contributed by atoms with van der Waals surface area (Å²) in [6, 6.07) is 0. The molecule has 2 aliphatic heterocycles. The second kappa shape index (κ2) is 6.76. The van der Waals surface area contributed by atoms with E-state index in [1.54, 1.807) is 17.3 Å². The Morgan fingerprint density at radius 2 is 2.21 bits per heavy atom. The van der Waals surface area contributed by atoms with Gasteiger partial charge in [0.2, 0.25) is 0 Å². The maximum absolute atomic E-state index is 12.6. The first-order valence-corrected chi connectivity index (χ1v) is 9.75. The molecule has 1 fully saturated rings. The minimum absolute atomic E-state index is 0.0702. The molecule has 4 rings (SSSR count). The summed E-state index contributed by atoms with van der Waals surface area (Å²) in [4.78, 5) is 18.8. The summed E-state index contributed by atoms with van der Waals surface area (Å²) >= 11 is 0. The molecule has 0 spiro atoms. The molecule has 0 bridgehead atoms. The van der Waals surface area contributed by atoms with E-state index >= 15 is 0 Å². The summed E-state index contributed by atoms with van der Waals surface area (Å²) in [6.07, 6.45) is 5.97. The highest BCUT2D eigenvalue weighted by molar-refractivity contribution is 6.38. The Morgan fingerprint density at radius 3 is 2.96 bits per heavy atom. The number of hydrogen-bond acceptors (Lipinski definition) is 5. The first-order chi connectivity index (χ1) is 13.2. The smallest absolute Gasteiger partial charge is 0.410 e. The molecule has 8 heteroatoms. The first kappa shape index (κ1) is 18.7. The number of pyridine rings is 1. The van der Waals surface area contributed by atoms with Gasteiger partial charge in [0.15, 0.2) is 5.65 Å². The minimum atomic E-state index is -0.526. The summed E-state index contributed by atoms with van der Waals surface area (Å²) in [5.41, 5.74) is 1.89. The summed E-state index contributed by atoms with van der Waals surface area (Å²) in [5.74, 6) is 3.10. The molecule has 7 nitrogen and oxygen atoms in total. The van der Waals surface area contributed by atoms with Gasteiger partial charge in [-0.3, -0.25) is 0 Å². The van der Waals surface area contributed by atoms with Gasteiger partial charge in [-0.05, 0) is 38.7 Å². The molecule has 1 saturated heterocycles. The normalized spacial score (nSPS) is 21.8. The number of nitrogens with zero attached hydrogens (tertiary/aromatic N) is 3. The number of piperidine rings is 1. The first-order valence-electron chi connectivity index (χ1n) is 9.75. The van der Waals surface area contributed by atoms with Crippen LogP contribution in [0.1, 0.15) is 51.2 Å². The van der Waals surface area contributed by atoms with Crippen molar-refractivity contribution in [3.05, 3.63) is 29.5 Å². The predicted octanol–water partition coefficient (Wildman–Crippen LogP) is 3.35. The van der Waals surface area contributed by atoms with Crippen molar-refractivity contribution in [3.8, 4) is 5.75 Å². The highest BCUT2D eigenvalue weighted by Crippen LogP contribution is 2.40. The molecule has 0 aliphatic carbocycles. The summed E-state index contributed by atoms with van der Waals surface area (Å²) in [7, 11) is 0.515. The molecule has 2 aromatic heterocycles. The highest BCUT2D eigenvalue weighted by Gasteiger charge is 2.35. The molecule has 0 saturated carbocycles. The molecule has 1 amide bonds. The zero-order chi connectivity index (χ0) is 20.1. The quantitative estimate of drug-likeness (QED) is 0.604. The van der Waals surface area contributed by atoms with Gasteiger partial charge in [0.1, 0.15) is 11.4 Å². The standard InChI is InChI=1S/C20H26BN3O4/c1-12-6-8-23(19(25)27-20(2,3)4)10-14(12)15-11-24(26)18-17(15)13-5-7-21-28-16(13)9-22-18/h5,7,9,11-12,14,21,26H,6,8,10H2,1-4H3. The third-order valence-electron chi connectivity index (χ3n) is 5.46. The Hall–Kier alpha value is -2.64. The van der Waals surface area contributed by atoms with Gasteiger partial charge >= 0.3 is 13.6 Å². The fourth-order valence-corrected chi connectivity index (χ4v) is 4.05. The van der Waals surface area contributed by atoms with E-state index < -0.39 is 5.60 Å². The van der Waals surface area contributed by atoms with Crippen molar-refractivity contribution in [2.24, 2.45) is 5.92 Å². The van der Waals surface area contributed by atoms with Crippen LogP contribution in [0.4, 0.5) is 4.79 Å². The second-order valence-electron chi connectivity index (χ2n) is 8.68. The summed E-state index contributed by atoms with van der Waals surface area (Å²) in [5, 5.41) is 11.3. The van der Waals surface area contributed by atoms with Crippen LogP contribution in [-0.4, -0.2) is 52.1 Å². The lowest BCUT2D eigenvalue weighted by Gasteiger charge is -2.37. The van der Waals surface area contributed by atoms with Gasteiger partial charge in [-0.1, -0.05) is 19.0 Å². The number of rotatable bonds is 1. The molecular weight excluding hydrogens is 357 g/mol. The van der Waals surface area contributed by atoms with E-state index in [1.807, 2.05) is 32.8 Å². The number of carbonyl (C=O) groups excluding carboxylic acids is 1. The number of carbonyl (C=O) groups is 1. The second-order valence-corrected chi connectivity index (χ2v) is 8.68.